The van der Waals surface area contributed by atoms with E-state index in [1.165, 1.54) is 45.2 Å². The number of hydrogen-bond donors (Lipinski definition) is 1. The Morgan fingerprint density at radius 2 is 1.84 bits per heavy atom. The lowest BCUT2D eigenvalue weighted by molar-refractivity contribution is 0.0630. The van der Waals surface area contributed by atoms with E-state index in [0.29, 0.717) is 0 Å². The van der Waals surface area contributed by atoms with Gasteiger partial charge in [0.05, 0.1) is 0 Å². The summed E-state index contributed by atoms with van der Waals surface area (Å²) < 4.78 is 0. The van der Waals surface area contributed by atoms with Gasteiger partial charge in [0.15, 0.2) is 0 Å². The molecule has 0 aromatic heterocycles. The molecule has 2 fully saturated rings. The van der Waals surface area contributed by atoms with Crippen molar-refractivity contribution in [3.8, 4) is 0 Å². The fourth-order valence-corrected chi connectivity index (χ4v) is 4.33. The van der Waals surface area contributed by atoms with E-state index in [9.17, 15) is 0 Å². The Balaban J connectivity index is 1.94. The quantitative estimate of drug-likeness (QED) is 0.819. The van der Waals surface area contributed by atoms with Gasteiger partial charge in [-0.2, -0.15) is 0 Å². The number of piperidine rings is 1. The van der Waals surface area contributed by atoms with Crippen LogP contribution in [-0.2, 0) is 0 Å². The number of likely N-dealkylation sites (N-methyl/N-ethyl adjacent to an activating group) is 1. The van der Waals surface area contributed by atoms with E-state index in [-0.39, 0.29) is 0 Å². The molecule has 4 unspecified atom stereocenters. The molecule has 2 aliphatic rings. The lowest BCUT2D eigenvalue weighted by Gasteiger charge is -2.43. The summed E-state index contributed by atoms with van der Waals surface area (Å²) in [7, 11) is 0. The van der Waals surface area contributed by atoms with Crippen molar-refractivity contribution in [3.05, 3.63) is 0 Å². The van der Waals surface area contributed by atoms with Crippen LogP contribution in [0.5, 0.6) is 0 Å². The summed E-state index contributed by atoms with van der Waals surface area (Å²) >= 11 is 0. The fraction of sp³-hybridized carbons (Fsp3) is 1.00. The van der Waals surface area contributed by atoms with E-state index in [2.05, 4.69) is 37.9 Å². The van der Waals surface area contributed by atoms with Crippen LogP contribution in [0.1, 0.15) is 59.8 Å². The standard InChI is InChI=1S/C17H34N2/c1-5-18-17(16-8-6-7-9-16)12-19-11-13(2)10-14(3)15(19)4/h13-18H,5-12H2,1-4H3. The van der Waals surface area contributed by atoms with Gasteiger partial charge in [-0.1, -0.05) is 33.6 Å². The van der Waals surface area contributed by atoms with Crippen LogP contribution in [0.25, 0.3) is 0 Å². The van der Waals surface area contributed by atoms with Gasteiger partial charge in [0.1, 0.15) is 0 Å². The maximum absolute atomic E-state index is 3.78. The van der Waals surface area contributed by atoms with Gasteiger partial charge in [0, 0.05) is 25.2 Å². The second-order valence-corrected chi connectivity index (χ2v) is 7.22. The molecule has 1 N–H and O–H groups in total. The van der Waals surface area contributed by atoms with Crippen molar-refractivity contribution >= 4 is 0 Å². The fourth-order valence-electron chi connectivity index (χ4n) is 4.33. The Morgan fingerprint density at radius 3 is 2.47 bits per heavy atom. The predicted molar refractivity (Wildman–Crippen MR) is 83.4 cm³/mol. The molecule has 0 spiro atoms. The second kappa shape index (κ2) is 7.08. The maximum Gasteiger partial charge on any atom is 0.0223 e. The Kier molecular flexibility index (Phi) is 5.70. The van der Waals surface area contributed by atoms with E-state index in [0.717, 1.165) is 36.4 Å². The third-order valence-electron chi connectivity index (χ3n) is 5.59. The van der Waals surface area contributed by atoms with E-state index < -0.39 is 0 Å². The summed E-state index contributed by atoms with van der Waals surface area (Å²) in [4.78, 5) is 2.77. The molecular formula is C17H34N2. The molecule has 0 aromatic carbocycles. The van der Waals surface area contributed by atoms with Crippen LogP contribution in [0.15, 0.2) is 0 Å². The van der Waals surface area contributed by atoms with E-state index in [4.69, 9.17) is 0 Å². The molecule has 1 saturated heterocycles. The van der Waals surface area contributed by atoms with Crippen LogP contribution < -0.4 is 5.32 Å². The van der Waals surface area contributed by atoms with Gasteiger partial charge < -0.3 is 5.32 Å². The Labute approximate surface area is 120 Å². The lowest BCUT2D eigenvalue weighted by Crippen LogP contribution is -2.52. The van der Waals surface area contributed by atoms with Crippen molar-refractivity contribution < 1.29 is 0 Å². The number of nitrogens with one attached hydrogen (secondary N) is 1. The molecule has 2 nitrogen and oxygen atoms in total. The minimum absolute atomic E-state index is 0.729. The van der Waals surface area contributed by atoms with Crippen molar-refractivity contribution in [1.82, 2.24) is 10.2 Å². The van der Waals surface area contributed by atoms with Gasteiger partial charge in [-0.25, -0.2) is 0 Å². The second-order valence-electron chi connectivity index (χ2n) is 7.22. The molecule has 19 heavy (non-hydrogen) atoms. The predicted octanol–water partition coefficient (Wildman–Crippen LogP) is 3.52. The zero-order valence-corrected chi connectivity index (χ0v) is 13.5. The first-order chi connectivity index (χ1) is 9.11. The molecule has 112 valence electrons. The van der Waals surface area contributed by atoms with Gasteiger partial charge >= 0.3 is 0 Å². The van der Waals surface area contributed by atoms with Gasteiger partial charge in [0.25, 0.3) is 0 Å². The average molecular weight is 266 g/mol. The summed E-state index contributed by atoms with van der Waals surface area (Å²) in [6.07, 6.45) is 7.22. The molecule has 1 saturated carbocycles. The molecule has 4 atom stereocenters. The molecule has 0 bridgehead atoms. The van der Waals surface area contributed by atoms with Crippen LogP contribution in [0, 0.1) is 17.8 Å². The normalized spacial score (nSPS) is 35.7. The SMILES string of the molecule is CCNC(CN1CC(C)CC(C)C1C)C1CCCC1. The van der Waals surface area contributed by atoms with Crippen molar-refractivity contribution in [2.24, 2.45) is 17.8 Å². The van der Waals surface area contributed by atoms with Crippen LogP contribution in [-0.4, -0.2) is 36.6 Å². The zero-order valence-electron chi connectivity index (χ0n) is 13.5. The molecule has 1 aliphatic heterocycles. The molecule has 2 rings (SSSR count). The maximum atomic E-state index is 3.78. The number of hydrogen-bond acceptors (Lipinski definition) is 2. The summed E-state index contributed by atoms with van der Waals surface area (Å²) in [5.74, 6) is 2.66. The van der Waals surface area contributed by atoms with Crippen molar-refractivity contribution in [1.29, 1.82) is 0 Å². The van der Waals surface area contributed by atoms with Crippen molar-refractivity contribution in [2.45, 2.75) is 71.9 Å². The molecule has 0 aromatic rings. The highest BCUT2D eigenvalue weighted by molar-refractivity contribution is 4.88. The van der Waals surface area contributed by atoms with Gasteiger partial charge in [-0.15, -0.1) is 0 Å². The number of nitrogens with zero attached hydrogens (tertiary/aromatic N) is 1. The summed E-state index contributed by atoms with van der Waals surface area (Å²) in [6, 6.07) is 1.49. The molecule has 0 amide bonds. The van der Waals surface area contributed by atoms with Gasteiger partial charge in [-0.05, 0) is 50.5 Å². The first-order valence-corrected chi connectivity index (χ1v) is 8.59. The van der Waals surface area contributed by atoms with E-state index in [1.54, 1.807) is 0 Å². The Hall–Kier alpha value is -0.0800. The topological polar surface area (TPSA) is 15.3 Å². The highest BCUT2D eigenvalue weighted by Crippen LogP contribution is 2.31. The smallest absolute Gasteiger partial charge is 0.0223 e. The summed E-state index contributed by atoms with van der Waals surface area (Å²) in [5.41, 5.74) is 0. The highest BCUT2D eigenvalue weighted by Gasteiger charge is 2.32. The minimum Gasteiger partial charge on any atom is -0.313 e. The van der Waals surface area contributed by atoms with Gasteiger partial charge in [0.2, 0.25) is 0 Å². The van der Waals surface area contributed by atoms with Crippen molar-refractivity contribution in [3.63, 3.8) is 0 Å². The largest absolute Gasteiger partial charge is 0.313 e. The molecule has 2 heteroatoms. The van der Waals surface area contributed by atoms with Crippen LogP contribution >= 0.6 is 0 Å². The van der Waals surface area contributed by atoms with Crippen LogP contribution in [0.3, 0.4) is 0 Å². The van der Waals surface area contributed by atoms with Crippen molar-refractivity contribution in [2.75, 3.05) is 19.6 Å². The molecule has 0 radical (unpaired) electrons. The summed E-state index contributed by atoms with van der Waals surface area (Å²) in [5, 5.41) is 3.78. The van der Waals surface area contributed by atoms with E-state index >= 15 is 0 Å². The van der Waals surface area contributed by atoms with Crippen LogP contribution in [0.4, 0.5) is 0 Å². The first-order valence-electron chi connectivity index (χ1n) is 8.59. The molecule has 1 heterocycles. The Bertz CT molecular complexity index is 258. The minimum atomic E-state index is 0.729. The number of rotatable bonds is 5. The first kappa shape index (κ1) is 15.3. The summed E-state index contributed by atoms with van der Waals surface area (Å²) in [6.45, 7) is 13.3. The number of likely N-dealkylation sites (tertiary alicyclic amines) is 1. The van der Waals surface area contributed by atoms with Crippen LogP contribution in [0.2, 0.25) is 0 Å². The molecule has 1 aliphatic carbocycles. The molecular weight excluding hydrogens is 232 g/mol. The highest BCUT2D eigenvalue weighted by atomic mass is 15.2. The monoisotopic (exact) mass is 266 g/mol. The Morgan fingerprint density at radius 1 is 1.16 bits per heavy atom. The van der Waals surface area contributed by atoms with Gasteiger partial charge in [-0.3, -0.25) is 4.90 Å². The lowest BCUT2D eigenvalue weighted by atomic mass is 9.85. The third kappa shape index (κ3) is 3.95. The average Bonchev–Trinajstić information content (AvgIpc) is 2.88. The van der Waals surface area contributed by atoms with E-state index in [1.807, 2.05) is 0 Å². The third-order valence-corrected chi connectivity index (χ3v) is 5.59. The zero-order chi connectivity index (χ0) is 13.8.